The molecule has 0 amide bonds. The van der Waals surface area contributed by atoms with Gasteiger partial charge in [0, 0.05) is 23.9 Å². The van der Waals surface area contributed by atoms with Crippen LogP contribution in [0.15, 0.2) is 24.3 Å². The number of hydrogen-bond donors (Lipinski definition) is 2. The number of rotatable bonds is 7. The summed E-state index contributed by atoms with van der Waals surface area (Å²) in [6.45, 7) is 2.14. The molecule has 106 valence electrons. The Hall–Kier alpha value is -0.810. The van der Waals surface area contributed by atoms with E-state index < -0.39 is 6.10 Å². The van der Waals surface area contributed by atoms with Gasteiger partial charge < -0.3 is 19.9 Å². The smallest absolute Gasteiger partial charge is 0.0945 e. The van der Waals surface area contributed by atoms with Crippen molar-refractivity contribution in [3.63, 3.8) is 0 Å². The first-order valence-electron chi connectivity index (χ1n) is 6.61. The molecule has 1 aromatic carbocycles. The highest BCUT2D eigenvalue weighted by Gasteiger charge is 2.16. The summed E-state index contributed by atoms with van der Waals surface area (Å²) in [5.74, 6) is 0. The molecule has 19 heavy (non-hydrogen) atoms. The van der Waals surface area contributed by atoms with E-state index in [1.807, 2.05) is 24.3 Å². The van der Waals surface area contributed by atoms with Crippen LogP contribution < -0.4 is 5.32 Å². The van der Waals surface area contributed by atoms with Gasteiger partial charge in [-0.3, -0.25) is 0 Å². The zero-order valence-corrected chi connectivity index (χ0v) is 11.6. The molecule has 1 aliphatic heterocycles. The monoisotopic (exact) mass is 285 g/mol. The standard InChI is InChI=1S/C14H20ClNO3/c15-11-3-1-4-12(7-11)16-8-13(17)9-18-10-14-5-2-6-19-14/h1,3-4,7,13-14,16-17H,2,5-6,8-10H2. The summed E-state index contributed by atoms with van der Waals surface area (Å²) in [4.78, 5) is 0. The highest BCUT2D eigenvalue weighted by Crippen LogP contribution is 2.15. The molecule has 0 radical (unpaired) electrons. The molecule has 2 atom stereocenters. The van der Waals surface area contributed by atoms with Crippen LogP contribution in [0.2, 0.25) is 5.02 Å². The highest BCUT2D eigenvalue weighted by atomic mass is 35.5. The summed E-state index contributed by atoms with van der Waals surface area (Å²) >= 11 is 5.88. The van der Waals surface area contributed by atoms with E-state index in [1.165, 1.54) is 0 Å². The Kier molecular flexibility index (Phi) is 5.92. The number of halogens is 1. The summed E-state index contributed by atoms with van der Waals surface area (Å²) in [6, 6.07) is 7.41. The van der Waals surface area contributed by atoms with Crippen LogP contribution in [0.4, 0.5) is 5.69 Å². The lowest BCUT2D eigenvalue weighted by Crippen LogP contribution is -2.27. The van der Waals surface area contributed by atoms with Crippen molar-refractivity contribution in [2.75, 3.05) is 31.7 Å². The largest absolute Gasteiger partial charge is 0.389 e. The maximum Gasteiger partial charge on any atom is 0.0945 e. The fourth-order valence-electron chi connectivity index (χ4n) is 2.00. The maximum absolute atomic E-state index is 9.79. The fraction of sp³-hybridized carbons (Fsp3) is 0.571. The van der Waals surface area contributed by atoms with Gasteiger partial charge in [0.1, 0.15) is 0 Å². The highest BCUT2D eigenvalue weighted by molar-refractivity contribution is 6.30. The second-order valence-corrected chi connectivity index (χ2v) is 5.15. The third kappa shape index (κ3) is 5.37. The molecule has 2 N–H and O–H groups in total. The number of benzene rings is 1. The lowest BCUT2D eigenvalue weighted by Gasteiger charge is -2.15. The third-order valence-corrected chi connectivity index (χ3v) is 3.24. The van der Waals surface area contributed by atoms with Gasteiger partial charge in [0.2, 0.25) is 0 Å². The molecule has 4 nitrogen and oxygen atoms in total. The Labute approximate surface area is 118 Å². The first-order chi connectivity index (χ1) is 9.24. The van der Waals surface area contributed by atoms with Crippen LogP contribution >= 0.6 is 11.6 Å². The Balaban J connectivity index is 1.60. The normalized spacial score (nSPS) is 20.4. The molecule has 0 spiro atoms. The number of aliphatic hydroxyl groups excluding tert-OH is 1. The van der Waals surface area contributed by atoms with E-state index in [0.29, 0.717) is 24.8 Å². The van der Waals surface area contributed by atoms with E-state index in [1.54, 1.807) is 0 Å². The van der Waals surface area contributed by atoms with Crippen molar-refractivity contribution in [1.82, 2.24) is 0 Å². The van der Waals surface area contributed by atoms with Crippen LogP contribution in [0.1, 0.15) is 12.8 Å². The molecule has 1 aliphatic rings. The number of aliphatic hydroxyl groups is 1. The second-order valence-electron chi connectivity index (χ2n) is 4.72. The van der Waals surface area contributed by atoms with Gasteiger partial charge in [-0.1, -0.05) is 17.7 Å². The molecule has 1 saturated heterocycles. The van der Waals surface area contributed by atoms with Crippen molar-refractivity contribution >= 4 is 17.3 Å². The first-order valence-corrected chi connectivity index (χ1v) is 6.98. The Bertz CT molecular complexity index is 383. The molecular formula is C14H20ClNO3. The minimum Gasteiger partial charge on any atom is -0.389 e. The molecule has 5 heteroatoms. The number of anilines is 1. The minimum absolute atomic E-state index is 0.202. The predicted molar refractivity (Wildman–Crippen MR) is 75.7 cm³/mol. The van der Waals surface area contributed by atoms with Crippen molar-refractivity contribution in [2.45, 2.75) is 25.0 Å². The zero-order valence-electron chi connectivity index (χ0n) is 10.8. The first kappa shape index (κ1) is 14.6. The topological polar surface area (TPSA) is 50.7 Å². The van der Waals surface area contributed by atoms with Crippen LogP contribution in [0, 0.1) is 0 Å². The molecule has 1 aromatic rings. The van der Waals surface area contributed by atoms with Gasteiger partial charge in [-0.05, 0) is 31.0 Å². The Morgan fingerprint density at radius 3 is 3.16 bits per heavy atom. The molecule has 1 heterocycles. The van der Waals surface area contributed by atoms with E-state index >= 15 is 0 Å². The van der Waals surface area contributed by atoms with Crippen LogP contribution in [-0.4, -0.2) is 43.7 Å². The summed E-state index contributed by atoms with van der Waals surface area (Å²) in [7, 11) is 0. The zero-order chi connectivity index (χ0) is 13.5. The van der Waals surface area contributed by atoms with Gasteiger partial charge in [0.05, 0.1) is 25.4 Å². The molecule has 0 aromatic heterocycles. The summed E-state index contributed by atoms with van der Waals surface area (Å²) in [5, 5.41) is 13.6. The van der Waals surface area contributed by atoms with Gasteiger partial charge in [-0.15, -0.1) is 0 Å². The molecule has 1 fully saturated rings. The maximum atomic E-state index is 9.79. The van der Waals surface area contributed by atoms with E-state index in [-0.39, 0.29) is 6.10 Å². The second kappa shape index (κ2) is 7.70. The third-order valence-electron chi connectivity index (χ3n) is 3.00. The van der Waals surface area contributed by atoms with Gasteiger partial charge in [0.15, 0.2) is 0 Å². The predicted octanol–water partition coefficient (Wildman–Crippen LogP) is 2.31. The summed E-state index contributed by atoms with van der Waals surface area (Å²) < 4.78 is 10.9. The molecule has 0 aliphatic carbocycles. The van der Waals surface area contributed by atoms with Crippen LogP contribution in [-0.2, 0) is 9.47 Å². The molecule has 0 bridgehead atoms. The SMILES string of the molecule is OC(CNc1cccc(Cl)c1)COCC1CCCO1. The van der Waals surface area contributed by atoms with Crippen molar-refractivity contribution in [2.24, 2.45) is 0 Å². The van der Waals surface area contributed by atoms with Crippen LogP contribution in [0.3, 0.4) is 0 Å². The number of nitrogens with one attached hydrogen (secondary N) is 1. The molecule has 2 unspecified atom stereocenters. The van der Waals surface area contributed by atoms with Gasteiger partial charge in [-0.2, -0.15) is 0 Å². The summed E-state index contributed by atoms with van der Waals surface area (Å²) in [6.07, 6.45) is 1.82. The Morgan fingerprint density at radius 1 is 1.53 bits per heavy atom. The Morgan fingerprint density at radius 2 is 2.42 bits per heavy atom. The lowest BCUT2D eigenvalue weighted by molar-refractivity contribution is -0.0137. The average Bonchev–Trinajstić information content (AvgIpc) is 2.90. The molecule has 2 rings (SSSR count). The minimum atomic E-state index is -0.541. The quantitative estimate of drug-likeness (QED) is 0.807. The lowest BCUT2D eigenvalue weighted by atomic mass is 10.2. The van der Waals surface area contributed by atoms with Crippen molar-refractivity contribution in [1.29, 1.82) is 0 Å². The number of hydrogen-bond acceptors (Lipinski definition) is 4. The fourth-order valence-corrected chi connectivity index (χ4v) is 2.19. The molecular weight excluding hydrogens is 266 g/mol. The van der Waals surface area contributed by atoms with Gasteiger partial charge >= 0.3 is 0 Å². The van der Waals surface area contributed by atoms with E-state index in [4.69, 9.17) is 21.1 Å². The van der Waals surface area contributed by atoms with E-state index in [0.717, 1.165) is 25.1 Å². The van der Waals surface area contributed by atoms with Crippen molar-refractivity contribution in [3.05, 3.63) is 29.3 Å². The summed E-state index contributed by atoms with van der Waals surface area (Å²) in [5.41, 5.74) is 0.894. The van der Waals surface area contributed by atoms with Crippen LogP contribution in [0.5, 0.6) is 0 Å². The van der Waals surface area contributed by atoms with Gasteiger partial charge in [-0.25, -0.2) is 0 Å². The average molecular weight is 286 g/mol. The van der Waals surface area contributed by atoms with E-state index in [9.17, 15) is 5.11 Å². The van der Waals surface area contributed by atoms with E-state index in [2.05, 4.69) is 5.32 Å². The molecule has 0 saturated carbocycles. The van der Waals surface area contributed by atoms with Crippen molar-refractivity contribution in [3.8, 4) is 0 Å². The van der Waals surface area contributed by atoms with Gasteiger partial charge in [0.25, 0.3) is 0 Å². The number of ether oxygens (including phenoxy) is 2. The van der Waals surface area contributed by atoms with Crippen molar-refractivity contribution < 1.29 is 14.6 Å². The van der Waals surface area contributed by atoms with Crippen LogP contribution in [0.25, 0.3) is 0 Å².